The summed E-state index contributed by atoms with van der Waals surface area (Å²) >= 11 is 0. The molecule has 0 spiro atoms. The van der Waals surface area contributed by atoms with Crippen molar-refractivity contribution in [3.8, 4) is 11.8 Å². The molecular formula is C4H2O3. The summed E-state index contributed by atoms with van der Waals surface area (Å²) in [5.41, 5.74) is 0. The van der Waals surface area contributed by atoms with Gasteiger partial charge >= 0.3 is 5.97 Å². The van der Waals surface area contributed by atoms with Gasteiger partial charge in [0.2, 0.25) is 0 Å². The Bertz CT molecular complexity index is 137. The molecule has 0 aromatic carbocycles. The molecule has 0 bridgehead atoms. The van der Waals surface area contributed by atoms with Gasteiger partial charge in [-0.25, -0.2) is 4.79 Å². The van der Waals surface area contributed by atoms with Crippen molar-refractivity contribution in [2.75, 3.05) is 0 Å². The van der Waals surface area contributed by atoms with Crippen molar-refractivity contribution in [1.29, 1.82) is 0 Å². The highest BCUT2D eigenvalue weighted by molar-refractivity contribution is 5.91. The van der Waals surface area contributed by atoms with Crippen molar-refractivity contribution in [1.82, 2.24) is 0 Å². The minimum atomic E-state index is -1.29. The fourth-order valence-electron chi connectivity index (χ4n) is 0.0912. The average Bonchev–Trinajstić information content (AvgIpc) is 1.61. The van der Waals surface area contributed by atoms with E-state index in [4.69, 9.17) is 5.11 Å². The minimum absolute atomic E-state index is 0.230. The maximum atomic E-state index is 9.43. The summed E-state index contributed by atoms with van der Waals surface area (Å²) < 4.78 is 0. The van der Waals surface area contributed by atoms with E-state index in [0.717, 1.165) is 0 Å². The van der Waals surface area contributed by atoms with Gasteiger partial charge in [-0.1, -0.05) is 0 Å². The van der Waals surface area contributed by atoms with Gasteiger partial charge in [0.1, 0.15) is 0 Å². The molecule has 0 heterocycles. The Morgan fingerprint density at radius 3 is 2.43 bits per heavy atom. The lowest BCUT2D eigenvalue weighted by molar-refractivity contribution is -0.130. The van der Waals surface area contributed by atoms with Crippen molar-refractivity contribution < 1.29 is 14.7 Å². The van der Waals surface area contributed by atoms with Gasteiger partial charge in [-0.05, 0) is 5.92 Å². The minimum Gasteiger partial charge on any atom is -0.472 e. The van der Waals surface area contributed by atoms with Crippen molar-refractivity contribution in [3.63, 3.8) is 0 Å². The quantitative estimate of drug-likeness (QED) is 0.321. The summed E-state index contributed by atoms with van der Waals surface area (Å²) in [6, 6.07) is 0. The van der Waals surface area contributed by atoms with E-state index in [0.29, 0.717) is 0 Å². The van der Waals surface area contributed by atoms with Gasteiger partial charge in [0.25, 0.3) is 0 Å². The second-order valence-corrected chi connectivity index (χ2v) is 0.692. The van der Waals surface area contributed by atoms with E-state index >= 15 is 0 Å². The first-order valence-electron chi connectivity index (χ1n) is 1.45. The number of carboxylic acids is 1. The van der Waals surface area contributed by atoms with Gasteiger partial charge in [0.15, 0.2) is 6.29 Å². The van der Waals surface area contributed by atoms with Crippen LogP contribution in [0.4, 0.5) is 0 Å². The second-order valence-electron chi connectivity index (χ2n) is 0.692. The highest BCUT2D eigenvalue weighted by Crippen LogP contribution is 1.50. The zero-order valence-corrected chi connectivity index (χ0v) is 3.34. The molecule has 36 valence electrons. The Morgan fingerprint density at radius 1 is 1.71 bits per heavy atom. The van der Waals surface area contributed by atoms with E-state index in [1.807, 2.05) is 0 Å². The number of rotatable bonds is 0. The molecule has 0 fully saturated rings. The zero-order valence-electron chi connectivity index (χ0n) is 3.34. The maximum absolute atomic E-state index is 9.43. The largest absolute Gasteiger partial charge is 0.472 e. The predicted octanol–water partition coefficient (Wildman–Crippen LogP) is -0.727. The van der Waals surface area contributed by atoms with Crippen LogP contribution in [0, 0.1) is 11.8 Å². The Labute approximate surface area is 40.0 Å². The fraction of sp³-hybridized carbons (Fsp3) is 0. The number of hydrogen-bond donors (Lipinski definition) is 1. The van der Waals surface area contributed by atoms with Gasteiger partial charge in [0.05, 0.1) is 0 Å². The molecule has 0 aliphatic rings. The van der Waals surface area contributed by atoms with Crippen LogP contribution in [0.1, 0.15) is 0 Å². The molecule has 0 aromatic rings. The van der Waals surface area contributed by atoms with E-state index in [1.54, 1.807) is 11.8 Å². The zero-order chi connectivity index (χ0) is 5.70. The summed E-state index contributed by atoms with van der Waals surface area (Å²) in [5.74, 6) is 2.03. The van der Waals surface area contributed by atoms with Crippen molar-refractivity contribution in [2.24, 2.45) is 0 Å². The molecule has 1 N–H and O–H groups in total. The molecule has 0 atom stereocenters. The molecule has 3 nitrogen and oxygen atoms in total. The third-order valence-corrected chi connectivity index (χ3v) is 0.238. The van der Waals surface area contributed by atoms with Gasteiger partial charge in [0, 0.05) is 5.92 Å². The molecule has 0 radical (unpaired) electrons. The molecule has 0 rings (SSSR count). The van der Waals surface area contributed by atoms with E-state index in [9.17, 15) is 9.59 Å². The van der Waals surface area contributed by atoms with Crippen LogP contribution in [0.5, 0.6) is 0 Å². The number of aldehydes is 1. The van der Waals surface area contributed by atoms with Crippen LogP contribution < -0.4 is 0 Å². The molecule has 0 saturated heterocycles. The molecule has 0 amide bonds. The molecular weight excluding hydrogens is 96.0 g/mol. The predicted molar refractivity (Wildman–Crippen MR) is 21.5 cm³/mol. The standard InChI is InChI=1S/C4H2O3/c5-3-1-2-4(6)7/h3H,(H,6,7). The second kappa shape index (κ2) is 2.91. The fourth-order valence-corrected chi connectivity index (χ4v) is 0.0912. The van der Waals surface area contributed by atoms with E-state index in [2.05, 4.69) is 0 Å². The Balaban J connectivity index is 3.66. The SMILES string of the molecule is O=CC#CC(=O)O. The number of carbonyl (C=O) groups excluding carboxylic acids is 1. The summed E-state index contributed by atoms with van der Waals surface area (Å²) in [5, 5.41) is 7.71. The van der Waals surface area contributed by atoms with Crippen LogP contribution in [-0.4, -0.2) is 17.4 Å². The number of hydrogen-bond acceptors (Lipinski definition) is 2. The van der Waals surface area contributed by atoms with Crippen LogP contribution in [0.25, 0.3) is 0 Å². The van der Waals surface area contributed by atoms with E-state index in [1.165, 1.54) is 0 Å². The molecule has 0 unspecified atom stereocenters. The summed E-state index contributed by atoms with van der Waals surface area (Å²) in [4.78, 5) is 18.7. The first-order valence-corrected chi connectivity index (χ1v) is 1.45. The maximum Gasteiger partial charge on any atom is 0.382 e. The smallest absolute Gasteiger partial charge is 0.382 e. The average molecular weight is 98.1 g/mol. The Hall–Kier alpha value is -1.30. The molecule has 3 heteroatoms. The van der Waals surface area contributed by atoms with E-state index in [-0.39, 0.29) is 6.29 Å². The lowest BCUT2D eigenvalue weighted by atomic mass is 10.6. The Kier molecular flexibility index (Phi) is 2.37. The number of aliphatic carboxylic acids is 1. The third-order valence-electron chi connectivity index (χ3n) is 0.238. The van der Waals surface area contributed by atoms with Crippen molar-refractivity contribution >= 4 is 12.3 Å². The summed E-state index contributed by atoms with van der Waals surface area (Å²) in [6.07, 6.45) is 0.230. The van der Waals surface area contributed by atoms with Gasteiger partial charge in [-0.3, -0.25) is 4.79 Å². The topological polar surface area (TPSA) is 54.4 Å². The van der Waals surface area contributed by atoms with Crippen LogP contribution in [0.3, 0.4) is 0 Å². The third kappa shape index (κ3) is 4.70. The van der Waals surface area contributed by atoms with Gasteiger partial charge in [-0.15, -0.1) is 0 Å². The van der Waals surface area contributed by atoms with Crippen molar-refractivity contribution in [3.05, 3.63) is 0 Å². The van der Waals surface area contributed by atoms with Crippen LogP contribution >= 0.6 is 0 Å². The van der Waals surface area contributed by atoms with Crippen LogP contribution in [-0.2, 0) is 9.59 Å². The van der Waals surface area contributed by atoms with Gasteiger partial charge in [-0.2, -0.15) is 0 Å². The summed E-state index contributed by atoms with van der Waals surface area (Å²) in [7, 11) is 0. The van der Waals surface area contributed by atoms with Crippen LogP contribution in [0.2, 0.25) is 0 Å². The van der Waals surface area contributed by atoms with E-state index < -0.39 is 5.97 Å². The Morgan fingerprint density at radius 2 is 2.29 bits per heavy atom. The van der Waals surface area contributed by atoms with Crippen LogP contribution in [0.15, 0.2) is 0 Å². The monoisotopic (exact) mass is 98.0 g/mol. The molecule has 0 aliphatic heterocycles. The van der Waals surface area contributed by atoms with Gasteiger partial charge < -0.3 is 5.11 Å². The first-order chi connectivity index (χ1) is 3.27. The lowest BCUT2D eigenvalue weighted by Gasteiger charge is -1.62. The number of carboxylic acid groups (broad SMARTS) is 1. The first kappa shape index (κ1) is 5.70. The normalized spacial score (nSPS) is 5.71. The molecule has 7 heavy (non-hydrogen) atoms. The molecule has 0 aliphatic carbocycles. The van der Waals surface area contributed by atoms with Crippen molar-refractivity contribution in [2.45, 2.75) is 0 Å². The summed E-state index contributed by atoms with van der Waals surface area (Å²) in [6.45, 7) is 0. The lowest BCUT2D eigenvalue weighted by Crippen LogP contribution is -1.85. The molecule has 0 aromatic heterocycles. The number of carbonyl (C=O) groups is 2. The molecule has 0 saturated carbocycles. The highest BCUT2D eigenvalue weighted by Gasteiger charge is 1.78. The highest BCUT2D eigenvalue weighted by atomic mass is 16.4.